The second-order valence-corrected chi connectivity index (χ2v) is 8.17. The molecular weight excluding hydrogens is 302 g/mol. The van der Waals surface area contributed by atoms with Crippen LogP contribution in [0.4, 0.5) is 4.79 Å². The van der Waals surface area contributed by atoms with Gasteiger partial charge in [0, 0.05) is 24.6 Å². The summed E-state index contributed by atoms with van der Waals surface area (Å²) in [5, 5.41) is 5.70. The van der Waals surface area contributed by atoms with Crippen molar-refractivity contribution in [3.8, 4) is 0 Å². The SMILES string of the molecule is Cc1cccc[n+]1CC(=O)NC(=O)NC12CC3CC(CC(C3)C1)C2. The van der Waals surface area contributed by atoms with Gasteiger partial charge in [-0.05, 0) is 56.3 Å². The van der Waals surface area contributed by atoms with Crippen LogP contribution >= 0.6 is 0 Å². The zero-order chi connectivity index (χ0) is 16.7. The molecule has 5 heteroatoms. The van der Waals surface area contributed by atoms with Gasteiger partial charge in [-0.25, -0.2) is 4.79 Å². The molecule has 0 spiro atoms. The van der Waals surface area contributed by atoms with Crippen molar-refractivity contribution >= 4 is 11.9 Å². The van der Waals surface area contributed by atoms with Crippen molar-refractivity contribution < 1.29 is 14.2 Å². The van der Waals surface area contributed by atoms with Gasteiger partial charge in [0.25, 0.3) is 5.91 Å². The lowest BCUT2D eigenvalue weighted by molar-refractivity contribution is -0.690. The number of carbonyl (C=O) groups is 2. The predicted molar refractivity (Wildman–Crippen MR) is 89.0 cm³/mol. The molecule has 0 saturated heterocycles. The summed E-state index contributed by atoms with van der Waals surface area (Å²) in [7, 11) is 0. The van der Waals surface area contributed by atoms with Gasteiger partial charge >= 0.3 is 6.03 Å². The Morgan fingerprint density at radius 1 is 1.12 bits per heavy atom. The van der Waals surface area contributed by atoms with Crippen LogP contribution in [0.15, 0.2) is 24.4 Å². The van der Waals surface area contributed by atoms with Gasteiger partial charge in [-0.15, -0.1) is 0 Å². The van der Waals surface area contributed by atoms with E-state index in [2.05, 4.69) is 10.6 Å². The van der Waals surface area contributed by atoms with E-state index >= 15 is 0 Å². The molecule has 4 bridgehead atoms. The van der Waals surface area contributed by atoms with E-state index in [4.69, 9.17) is 0 Å². The fourth-order valence-electron chi connectivity index (χ4n) is 5.60. The molecule has 4 fully saturated rings. The van der Waals surface area contributed by atoms with Crippen LogP contribution in [-0.4, -0.2) is 17.5 Å². The zero-order valence-electron chi connectivity index (χ0n) is 14.3. The lowest BCUT2D eigenvalue weighted by Gasteiger charge is -2.56. The standard InChI is InChI=1S/C19H25N3O2/c1-13-4-2-3-5-22(13)12-17(23)20-18(24)21-19-9-14-6-15(10-19)8-16(7-14)11-19/h2-5,14-16H,6-12H2,1H3,(H-,20,21,23,24)/p+1. The van der Waals surface area contributed by atoms with Crippen LogP contribution < -0.4 is 15.2 Å². The molecule has 4 aliphatic carbocycles. The second kappa shape index (κ2) is 5.87. The summed E-state index contributed by atoms with van der Waals surface area (Å²) in [6.45, 7) is 2.11. The van der Waals surface area contributed by atoms with Crippen molar-refractivity contribution in [1.29, 1.82) is 0 Å². The highest BCUT2D eigenvalue weighted by molar-refractivity contribution is 5.93. The summed E-state index contributed by atoms with van der Waals surface area (Å²) in [6.07, 6.45) is 9.14. The van der Waals surface area contributed by atoms with Crippen LogP contribution in [0.5, 0.6) is 0 Å². The Bertz CT molecular complexity index is 635. The van der Waals surface area contributed by atoms with Gasteiger partial charge in [-0.1, -0.05) is 6.07 Å². The fraction of sp³-hybridized carbons (Fsp3) is 0.632. The van der Waals surface area contributed by atoms with Gasteiger partial charge in [0.15, 0.2) is 11.9 Å². The maximum atomic E-state index is 12.4. The van der Waals surface area contributed by atoms with Crippen molar-refractivity contribution in [2.24, 2.45) is 17.8 Å². The molecule has 4 saturated carbocycles. The number of hydrogen-bond donors (Lipinski definition) is 2. The highest BCUT2D eigenvalue weighted by atomic mass is 16.2. The minimum Gasteiger partial charge on any atom is -0.332 e. The van der Waals surface area contributed by atoms with E-state index in [0.29, 0.717) is 0 Å². The van der Waals surface area contributed by atoms with Gasteiger partial charge < -0.3 is 5.32 Å². The molecule has 3 amide bonds. The molecule has 0 radical (unpaired) electrons. The van der Waals surface area contributed by atoms with Gasteiger partial charge in [-0.3, -0.25) is 10.1 Å². The summed E-state index contributed by atoms with van der Waals surface area (Å²) < 4.78 is 1.84. The lowest BCUT2D eigenvalue weighted by atomic mass is 9.53. The first kappa shape index (κ1) is 15.6. The van der Waals surface area contributed by atoms with Crippen molar-refractivity contribution in [3.63, 3.8) is 0 Å². The molecule has 24 heavy (non-hydrogen) atoms. The fourth-order valence-corrected chi connectivity index (χ4v) is 5.60. The molecular formula is C19H26N3O2+. The van der Waals surface area contributed by atoms with E-state index in [1.807, 2.05) is 35.9 Å². The molecule has 4 aliphatic rings. The number of nitrogens with zero attached hydrogens (tertiary/aromatic N) is 1. The van der Waals surface area contributed by atoms with E-state index in [-0.39, 0.29) is 24.0 Å². The first-order valence-corrected chi connectivity index (χ1v) is 9.08. The Morgan fingerprint density at radius 3 is 2.33 bits per heavy atom. The van der Waals surface area contributed by atoms with Crippen LogP contribution in [0, 0.1) is 24.7 Å². The molecule has 128 valence electrons. The molecule has 0 aromatic carbocycles. The minimum atomic E-state index is -0.323. The number of imide groups is 1. The van der Waals surface area contributed by atoms with Crippen LogP contribution in [0.3, 0.4) is 0 Å². The third-order valence-electron chi connectivity index (χ3n) is 6.15. The van der Waals surface area contributed by atoms with Crippen LogP contribution in [0.25, 0.3) is 0 Å². The van der Waals surface area contributed by atoms with Crippen LogP contribution in [0.1, 0.15) is 44.2 Å². The topological polar surface area (TPSA) is 62.1 Å². The molecule has 0 aliphatic heterocycles. The van der Waals surface area contributed by atoms with Crippen LogP contribution in [-0.2, 0) is 11.3 Å². The Hall–Kier alpha value is -1.91. The van der Waals surface area contributed by atoms with Crippen molar-refractivity contribution in [1.82, 2.24) is 10.6 Å². The molecule has 0 unspecified atom stereocenters. The molecule has 1 heterocycles. The Morgan fingerprint density at radius 2 is 1.75 bits per heavy atom. The second-order valence-electron chi connectivity index (χ2n) is 8.17. The maximum absolute atomic E-state index is 12.4. The van der Waals surface area contributed by atoms with E-state index in [1.54, 1.807) is 0 Å². The van der Waals surface area contributed by atoms with Crippen molar-refractivity contribution in [2.45, 2.75) is 57.5 Å². The number of pyridine rings is 1. The monoisotopic (exact) mass is 328 g/mol. The number of rotatable bonds is 3. The van der Waals surface area contributed by atoms with Crippen molar-refractivity contribution in [2.75, 3.05) is 0 Å². The maximum Gasteiger partial charge on any atom is 0.322 e. The number of aromatic nitrogens is 1. The van der Waals surface area contributed by atoms with Gasteiger partial charge in [0.2, 0.25) is 6.54 Å². The lowest BCUT2D eigenvalue weighted by Crippen LogP contribution is -2.62. The average molecular weight is 328 g/mol. The molecule has 1 aromatic heterocycles. The number of hydrogen-bond acceptors (Lipinski definition) is 2. The van der Waals surface area contributed by atoms with Gasteiger partial charge in [-0.2, -0.15) is 4.57 Å². The number of urea groups is 1. The highest BCUT2D eigenvalue weighted by Crippen LogP contribution is 2.55. The van der Waals surface area contributed by atoms with E-state index in [9.17, 15) is 9.59 Å². The van der Waals surface area contributed by atoms with Gasteiger partial charge in [0.1, 0.15) is 0 Å². The first-order valence-electron chi connectivity index (χ1n) is 9.08. The normalized spacial score (nSPS) is 33.3. The molecule has 0 atom stereocenters. The molecule has 5 nitrogen and oxygen atoms in total. The Balaban J connectivity index is 1.35. The number of nitrogens with one attached hydrogen (secondary N) is 2. The van der Waals surface area contributed by atoms with Gasteiger partial charge in [0.05, 0.1) is 0 Å². The highest BCUT2D eigenvalue weighted by Gasteiger charge is 2.51. The molecule has 2 N–H and O–H groups in total. The van der Waals surface area contributed by atoms with E-state index in [0.717, 1.165) is 42.7 Å². The summed E-state index contributed by atoms with van der Waals surface area (Å²) >= 11 is 0. The smallest absolute Gasteiger partial charge is 0.322 e. The summed E-state index contributed by atoms with van der Waals surface area (Å²) in [5.74, 6) is 2.05. The van der Waals surface area contributed by atoms with Crippen molar-refractivity contribution in [3.05, 3.63) is 30.1 Å². The quantitative estimate of drug-likeness (QED) is 0.835. The minimum absolute atomic E-state index is 0.0606. The largest absolute Gasteiger partial charge is 0.332 e. The Kier molecular flexibility index (Phi) is 3.82. The summed E-state index contributed by atoms with van der Waals surface area (Å²) in [5.41, 5.74) is 0.934. The Labute approximate surface area is 142 Å². The zero-order valence-corrected chi connectivity index (χ0v) is 14.3. The summed E-state index contributed by atoms with van der Waals surface area (Å²) in [6, 6.07) is 5.44. The summed E-state index contributed by atoms with van der Waals surface area (Å²) in [4.78, 5) is 24.5. The third kappa shape index (κ3) is 3.04. The average Bonchev–Trinajstić information content (AvgIpc) is 2.47. The first-order chi connectivity index (χ1) is 11.5. The predicted octanol–water partition coefficient (Wildman–Crippen LogP) is 2.08. The number of carbonyl (C=O) groups excluding carboxylic acids is 2. The van der Waals surface area contributed by atoms with E-state index < -0.39 is 0 Å². The molecule has 5 rings (SSSR count). The number of aryl methyl sites for hydroxylation is 1. The van der Waals surface area contributed by atoms with Crippen LogP contribution in [0.2, 0.25) is 0 Å². The van der Waals surface area contributed by atoms with E-state index in [1.165, 1.54) is 19.3 Å². The molecule has 1 aromatic rings. The third-order valence-corrected chi connectivity index (χ3v) is 6.15. The number of amides is 3.